The fourth-order valence-electron chi connectivity index (χ4n) is 3.88. The molecule has 1 amide bonds. The third-order valence-electron chi connectivity index (χ3n) is 5.93. The molecular formula is C26H33N3O5. The molecule has 8 nitrogen and oxygen atoms in total. The lowest BCUT2D eigenvalue weighted by atomic mass is 10.1. The zero-order chi connectivity index (χ0) is 24.7. The summed E-state index contributed by atoms with van der Waals surface area (Å²) in [6.45, 7) is 9.60. The maximum atomic E-state index is 12.9. The average Bonchev–Trinajstić information content (AvgIpc) is 2.87. The van der Waals surface area contributed by atoms with Crippen LogP contribution in [0.5, 0.6) is 17.2 Å². The van der Waals surface area contributed by atoms with Crippen LogP contribution < -0.4 is 25.1 Å². The quantitative estimate of drug-likeness (QED) is 0.482. The van der Waals surface area contributed by atoms with Gasteiger partial charge in [0.15, 0.2) is 17.2 Å². The summed E-state index contributed by atoms with van der Waals surface area (Å²) < 4.78 is 17.9. The van der Waals surface area contributed by atoms with Gasteiger partial charge >= 0.3 is 6.09 Å². The van der Waals surface area contributed by atoms with Crippen LogP contribution in [0.15, 0.2) is 47.4 Å². The first kappa shape index (κ1) is 25.1. The molecule has 182 valence electrons. The Kier molecular flexibility index (Phi) is 8.54. The van der Waals surface area contributed by atoms with Gasteiger partial charge in [0, 0.05) is 25.0 Å². The molecule has 2 aromatic carbocycles. The fourth-order valence-corrected chi connectivity index (χ4v) is 3.88. The van der Waals surface area contributed by atoms with E-state index in [2.05, 4.69) is 30.1 Å². The molecule has 3 aromatic rings. The molecule has 0 spiro atoms. The largest absolute Gasteiger partial charge is 0.493 e. The second-order valence-electron chi connectivity index (χ2n) is 7.81. The Bertz CT molecular complexity index is 1200. The van der Waals surface area contributed by atoms with E-state index < -0.39 is 6.09 Å². The number of benzene rings is 2. The van der Waals surface area contributed by atoms with Gasteiger partial charge in [-0.25, -0.2) is 4.79 Å². The normalized spacial score (nSPS) is 11.0. The highest BCUT2D eigenvalue weighted by atomic mass is 16.6. The number of nitrogens with one attached hydrogen (secondary N) is 1. The van der Waals surface area contributed by atoms with Crippen LogP contribution in [0.4, 0.5) is 4.79 Å². The highest BCUT2D eigenvalue weighted by Crippen LogP contribution is 2.35. The smallest absolute Gasteiger partial charge is 0.412 e. The lowest BCUT2D eigenvalue weighted by Crippen LogP contribution is -2.29. The summed E-state index contributed by atoms with van der Waals surface area (Å²) in [4.78, 5) is 27.9. The number of methoxy groups -OCH3 is 2. The number of rotatable bonds is 10. The average molecular weight is 468 g/mol. The van der Waals surface area contributed by atoms with E-state index in [9.17, 15) is 9.59 Å². The predicted octanol–water partition coefficient (Wildman–Crippen LogP) is 4.17. The molecule has 0 fully saturated rings. The zero-order valence-corrected chi connectivity index (χ0v) is 20.5. The number of aromatic nitrogens is 1. The van der Waals surface area contributed by atoms with Gasteiger partial charge in [-0.1, -0.05) is 38.1 Å². The summed E-state index contributed by atoms with van der Waals surface area (Å²) in [6.07, 6.45) is 0.944. The molecule has 34 heavy (non-hydrogen) atoms. The Hall–Kier alpha value is -3.52. The molecule has 0 radical (unpaired) electrons. The monoisotopic (exact) mass is 467 g/mol. The van der Waals surface area contributed by atoms with Crippen LogP contribution in [-0.2, 0) is 19.6 Å². The van der Waals surface area contributed by atoms with Crippen molar-refractivity contribution in [1.82, 2.24) is 14.8 Å². The molecule has 0 aliphatic carbocycles. The van der Waals surface area contributed by atoms with Gasteiger partial charge in [-0.05, 0) is 43.3 Å². The zero-order valence-electron chi connectivity index (χ0n) is 20.5. The molecule has 1 N–H and O–H groups in total. The Morgan fingerprint density at radius 2 is 1.56 bits per heavy atom. The third-order valence-corrected chi connectivity index (χ3v) is 5.93. The number of fused-ring (bicyclic) bond motifs is 1. The molecule has 8 heteroatoms. The molecule has 3 rings (SSSR count). The summed E-state index contributed by atoms with van der Waals surface area (Å²) in [5, 5.41) is 3.70. The number of pyridine rings is 1. The summed E-state index contributed by atoms with van der Waals surface area (Å²) in [5.74, 6) is 1.15. The number of hydrogen-bond donors (Lipinski definition) is 1. The highest BCUT2D eigenvalue weighted by molar-refractivity contribution is 5.92. The SMILES string of the molecule is CCN(CC)Cc1ccccc1CNC(=O)Oc1cn(CC)c(=O)c2cc(OC)c(OC)cc12. The van der Waals surface area contributed by atoms with Gasteiger partial charge in [0.1, 0.15) is 0 Å². The van der Waals surface area contributed by atoms with Crippen molar-refractivity contribution in [1.29, 1.82) is 0 Å². The summed E-state index contributed by atoms with van der Waals surface area (Å²) in [7, 11) is 3.02. The number of hydrogen-bond acceptors (Lipinski definition) is 6. The van der Waals surface area contributed by atoms with Crippen LogP contribution in [0.2, 0.25) is 0 Å². The van der Waals surface area contributed by atoms with Crippen LogP contribution in [0, 0.1) is 0 Å². The molecule has 0 bridgehead atoms. The number of amides is 1. The lowest BCUT2D eigenvalue weighted by Gasteiger charge is -2.20. The van der Waals surface area contributed by atoms with Gasteiger partial charge in [0.05, 0.1) is 25.8 Å². The molecule has 0 aliphatic rings. The van der Waals surface area contributed by atoms with Gasteiger partial charge in [-0.3, -0.25) is 9.69 Å². The molecule has 1 aromatic heterocycles. The minimum atomic E-state index is -0.602. The second kappa shape index (κ2) is 11.6. The molecule has 0 unspecified atom stereocenters. The van der Waals surface area contributed by atoms with Crippen molar-refractivity contribution in [2.75, 3.05) is 27.3 Å². The van der Waals surface area contributed by atoms with Crippen molar-refractivity contribution in [3.8, 4) is 17.2 Å². The summed E-state index contributed by atoms with van der Waals surface area (Å²) in [6, 6.07) is 11.3. The second-order valence-corrected chi connectivity index (χ2v) is 7.81. The number of carbonyl (C=O) groups excluding carboxylic acids is 1. The number of carbonyl (C=O) groups is 1. The molecule has 0 atom stereocenters. The number of aryl methyl sites for hydroxylation is 1. The Balaban J connectivity index is 1.85. The van der Waals surface area contributed by atoms with Crippen LogP contribution in [0.1, 0.15) is 31.9 Å². The molecule has 0 aliphatic heterocycles. The van der Waals surface area contributed by atoms with Crippen molar-refractivity contribution < 1.29 is 19.0 Å². The maximum absolute atomic E-state index is 12.9. The van der Waals surface area contributed by atoms with Gasteiger partial charge in [0.2, 0.25) is 0 Å². The van der Waals surface area contributed by atoms with Crippen molar-refractivity contribution in [2.24, 2.45) is 0 Å². The van der Waals surface area contributed by atoms with Gasteiger partial charge < -0.3 is 24.1 Å². The highest BCUT2D eigenvalue weighted by Gasteiger charge is 2.17. The molecular weight excluding hydrogens is 434 g/mol. The fraction of sp³-hybridized carbons (Fsp3) is 0.385. The molecule has 0 saturated heterocycles. The van der Waals surface area contributed by atoms with Crippen LogP contribution >= 0.6 is 0 Å². The first-order valence-electron chi connectivity index (χ1n) is 11.5. The van der Waals surface area contributed by atoms with E-state index in [-0.39, 0.29) is 11.3 Å². The maximum Gasteiger partial charge on any atom is 0.412 e. The van der Waals surface area contributed by atoms with E-state index in [4.69, 9.17) is 14.2 Å². The minimum absolute atomic E-state index is 0.198. The topological polar surface area (TPSA) is 82.0 Å². The van der Waals surface area contributed by atoms with E-state index in [1.165, 1.54) is 18.8 Å². The Morgan fingerprint density at radius 3 is 2.15 bits per heavy atom. The Labute approximate surface area is 200 Å². The van der Waals surface area contributed by atoms with E-state index in [1.54, 1.807) is 18.3 Å². The van der Waals surface area contributed by atoms with E-state index in [0.717, 1.165) is 30.8 Å². The van der Waals surface area contributed by atoms with Gasteiger partial charge in [0.25, 0.3) is 5.56 Å². The van der Waals surface area contributed by atoms with E-state index in [0.29, 0.717) is 35.4 Å². The standard InChI is InChI=1S/C26H33N3O5/c1-6-28(7-2)16-19-12-10-9-11-18(19)15-27-26(31)34-24-17-29(8-3)25(30)21-14-23(33-5)22(32-4)13-20(21)24/h9-14,17H,6-8,15-16H2,1-5H3,(H,27,31). The van der Waals surface area contributed by atoms with E-state index in [1.807, 2.05) is 25.1 Å². The number of ether oxygens (including phenoxy) is 3. The number of nitrogens with zero attached hydrogens (tertiary/aromatic N) is 2. The van der Waals surface area contributed by atoms with Crippen LogP contribution in [0.25, 0.3) is 10.8 Å². The molecule has 0 saturated carbocycles. The van der Waals surface area contributed by atoms with Gasteiger partial charge in [-0.15, -0.1) is 0 Å². The van der Waals surface area contributed by atoms with Crippen molar-refractivity contribution >= 4 is 16.9 Å². The van der Waals surface area contributed by atoms with Crippen molar-refractivity contribution in [2.45, 2.75) is 40.4 Å². The van der Waals surface area contributed by atoms with Gasteiger partial charge in [-0.2, -0.15) is 0 Å². The lowest BCUT2D eigenvalue weighted by molar-refractivity contribution is 0.200. The van der Waals surface area contributed by atoms with E-state index >= 15 is 0 Å². The first-order chi connectivity index (χ1) is 16.4. The molecule has 1 heterocycles. The third kappa shape index (κ3) is 5.51. The van der Waals surface area contributed by atoms with Crippen molar-refractivity contribution in [3.05, 3.63) is 64.1 Å². The summed E-state index contributed by atoms with van der Waals surface area (Å²) in [5.41, 5.74) is 1.99. The first-order valence-corrected chi connectivity index (χ1v) is 11.5. The predicted molar refractivity (Wildman–Crippen MR) is 133 cm³/mol. The summed E-state index contributed by atoms with van der Waals surface area (Å²) >= 11 is 0. The van der Waals surface area contributed by atoms with Crippen LogP contribution in [-0.4, -0.2) is 42.9 Å². The van der Waals surface area contributed by atoms with Crippen molar-refractivity contribution in [3.63, 3.8) is 0 Å². The minimum Gasteiger partial charge on any atom is -0.493 e. The van der Waals surface area contributed by atoms with Crippen LogP contribution in [0.3, 0.4) is 0 Å². The Morgan fingerprint density at radius 1 is 0.941 bits per heavy atom.